The highest BCUT2D eigenvalue weighted by Gasteiger charge is 2.04. The van der Waals surface area contributed by atoms with Gasteiger partial charge in [0.15, 0.2) is 0 Å². The fourth-order valence-electron chi connectivity index (χ4n) is 2.14. The van der Waals surface area contributed by atoms with Gasteiger partial charge >= 0.3 is 0 Å². The third kappa shape index (κ3) is 4.95. The summed E-state index contributed by atoms with van der Waals surface area (Å²) in [6.07, 6.45) is 0.730. The minimum atomic E-state index is -0.111. The molecule has 0 aromatic heterocycles. The van der Waals surface area contributed by atoms with Crippen molar-refractivity contribution in [1.29, 1.82) is 0 Å². The molecule has 3 heteroatoms. The Balaban J connectivity index is 0.00000200. The van der Waals surface area contributed by atoms with E-state index in [1.165, 1.54) is 11.6 Å². The van der Waals surface area contributed by atoms with E-state index in [0.717, 1.165) is 25.1 Å². The highest BCUT2D eigenvalue weighted by Crippen LogP contribution is 2.13. The zero-order valence-corrected chi connectivity index (χ0v) is 12.5. The van der Waals surface area contributed by atoms with Gasteiger partial charge in [0.25, 0.3) is 0 Å². The first-order valence-electron chi connectivity index (χ1n) is 6.76. The van der Waals surface area contributed by atoms with Gasteiger partial charge in [-0.2, -0.15) is 0 Å². The quantitative estimate of drug-likeness (QED) is 0.788. The van der Waals surface area contributed by atoms with Crippen molar-refractivity contribution in [2.45, 2.75) is 19.3 Å². The fraction of sp³-hybridized carbons (Fsp3) is 0.294. The summed E-state index contributed by atoms with van der Waals surface area (Å²) in [6.45, 7) is 3.92. The van der Waals surface area contributed by atoms with E-state index < -0.39 is 0 Å². The van der Waals surface area contributed by atoms with Crippen molar-refractivity contribution < 1.29 is 4.39 Å². The van der Waals surface area contributed by atoms with Crippen molar-refractivity contribution in [2.75, 3.05) is 13.1 Å². The predicted octanol–water partition coefficient (Wildman–Crippen LogP) is 4.18. The maximum atomic E-state index is 13.4. The third-order valence-electron chi connectivity index (χ3n) is 3.35. The van der Waals surface area contributed by atoms with Crippen LogP contribution in [-0.2, 0) is 6.42 Å². The van der Waals surface area contributed by atoms with Crippen molar-refractivity contribution >= 4 is 12.4 Å². The van der Waals surface area contributed by atoms with Crippen molar-refractivity contribution in [2.24, 2.45) is 0 Å². The summed E-state index contributed by atoms with van der Waals surface area (Å²) in [4.78, 5) is 0. The Morgan fingerprint density at radius 1 is 1.00 bits per heavy atom. The standard InChI is InChI=1S/C17H20FN.ClH/c1-14(15-7-3-2-4-8-15)13-19-12-11-16-9-5-6-10-17(16)18;/h2-10,14,19H,11-13H2,1H3;1H. The van der Waals surface area contributed by atoms with Gasteiger partial charge in [0.1, 0.15) is 5.82 Å². The van der Waals surface area contributed by atoms with Gasteiger partial charge in [-0.15, -0.1) is 12.4 Å². The van der Waals surface area contributed by atoms with E-state index in [0.29, 0.717) is 5.92 Å². The first kappa shape index (κ1) is 16.7. The van der Waals surface area contributed by atoms with Crippen molar-refractivity contribution in [1.82, 2.24) is 5.32 Å². The van der Waals surface area contributed by atoms with Gasteiger partial charge in [-0.3, -0.25) is 0 Å². The minimum Gasteiger partial charge on any atom is -0.316 e. The molecule has 2 aromatic carbocycles. The molecule has 0 saturated carbocycles. The SMILES string of the molecule is CC(CNCCc1ccccc1F)c1ccccc1.Cl. The largest absolute Gasteiger partial charge is 0.316 e. The summed E-state index contributed by atoms with van der Waals surface area (Å²) in [6, 6.07) is 17.4. The average Bonchev–Trinajstić information content (AvgIpc) is 2.46. The molecule has 0 fully saturated rings. The highest BCUT2D eigenvalue weighted by atomic mass is 35.5. The van der Waals surface area contributed by atoms with Gasteiger partial charge in [0, 0.05) is 6.54 Å². The van der Waals surface area contributed by atoms with Crippen LogP contribution in [0.2, 0.25) is 0 Å². The number of halogens is 2. The van der Waals surface area contributed by atoms with E-state index in [1.807, 2.05) is 18.2 Å². The van der Waals surface area contributed by atoms with Crippen LogP contribution >= 0.6 is 12.4 Å². The topological polar surface area (TPSA) is 12.0 Å². The second-order valence-electron chi connectivity index (χ2n) is 4.86. The molecule has 0 bridgehead atoms. The number of benzene rings is 2. The first-order valence-corrected chi connectivity index (χ1v) is 6.76. The summed E-state index contributed by atoms with van der Waals surface area (Å²) in [7, 11) is 0. The molecule has 0 amide bonds. The molecule has 2 rings (SSSR count). The molecule has 0 saturated heterocycles. The van der Waals surface area contributed by atoms with Gasteiger partial charge in [-0.25, -0.2) is 4.39 Å². The van der Waals surface area contributed by atoms with Crippen LogP contribution in [0.25, 0.3) is 0 Å². The average molecular weight is 294 g/mol. The van der Waals surface area contributed by atoms with Gasteiger partial charge < -0.3 is 5.32 Å². The second-order valence-corrected chi connectivity index (χ2v) is 4.86. The van der Waals surface area contributed by atoms with Crippen LogP contribution in [0.4, 0.5) is 4.39 Å². The molecule has 0 aliphatic rings. The van der Waals surface area contributed by atoms with Crippen LogP contribution in [0.5, 0.6) is 0 Å². The monoisotopic (exact) mass is 293 g/mol. The van der Waals surface area contributed by atoms with Gasteiger partial charge in [-0.05, 0) is 36.1 Å². The van der Waals surface area contributed by atoms with Crippen LogP contribution in [0.15, 0.2) is 54.6 Å². The van der Waals surface area contributed by atoms with Crippen LogP contribution in [0.3, 0.4) is 0 Å². The van der Waals surface area contributed by atoms with E-state index in [4.69, 9.17) is 0 Å². The summed E-state index contributed by atoms with van der Waals surface area (Å²) in [5.41, 5.74) is 2.11. The Labute approximate surface area is 126 Å². The van der Waals surface area contributed by atoms with Gasteiger partial charge in [0.05, 0.1) is 0 Å². The number of nitrogens with one attached hydrogen (secondary N) is 1. The van der Waals surface area contributed by atoms with Crippen molar-refractivity contribution in [3.8, 4) is 0 Å². The molecular weight excluding hydrogens is 273 g/mol. The molecule has 0 heterocycles. The smallest absolute Gasteiger partial charge is 0.126 e. The molecule has 1 atom stereocenters. The molecule has 108 valence electrons. The lowest BCUT2D eigenvalue weighted by atomic mass is 10.0. The molecule has 1 unspecified atom stereocenters. The van der Waals surface area contributed by atoms with E-state index in [9.17, 15) is 4.39 Å². The lowest BCUT2D eigenvalue weighted by Crippen LogP contribution is -2.22. The van der Waals surface area contributed by atoms with Crippen molar-refractivity contribution in [3.63, 3.8) is 0 Å². The minimum absolute atomic E-state index is 0. The molecule has 2 aromatic rings. The fourth-order valence-corrected chi connectivity index (χ4v) is 2.14. The Morgan fingerprint density at radius 2 is 1.65 bits per heavy atom. The van der Waals surface area contributed by atoms with Gasteiger partial charge in [0.2, 0.25) is 0 Å². The lowest BCUT2D eigenvalue weighted by molar-refractivity contribution is 0.584. The zero-order chi connectivity index (χ0) is 13.5. The summed E-state index contributed by atoms with van der Waals surface area (Å²) < 4.78 is 13.4. The Hall–Kier alpha value is -1.38. The highest BCUT2D eigenvalue weighted by molar-refractivity contribution is 5.85. The Morgan fingerprint density at radius 3 is 2.35 bits per heavy atom. The normalized spacial score (nSPS) is 11.7. The Kier molecular flexibility index (Phi) is 7.27. The van der Waals surface area contributed by atoms with E-state index in [2.05, 4.69) is 36.5 Å². The van der Waals surface area contributed by atoms with Crippen LogP contribution in [0, 0.1) is 5.82 Å². The molecule has 0 spiro atoms. The molecule has 20 heavy (non-hydrogen) atoms. The first-order chi connectivity index (χ1) is 9.27. The third-order valence-corrected chi connectivity index (χ3v) is 3.35. The molecule has 0 aliphatic carbocycles. The lowest BCUT2D eigenvalue weighted by Gasteiger charge is -2.13. The van der Waals surface area contributed by atoms with Crippen LogP contribution < -0.4 is 5.32 Å². The predicted molar refractivity (Wildman–Crippen MR) is 85.1 cm³/mol. The summed E-state index contributed by atoms with van der Waals surface area (Å²) in [5, 5.41) is 3.39. The van der Waals surface area contributed by atoms with E-state index in [-0.39, 0.29) is 18.2 Å². The second kappa shape index (κ2) is 8.72. The van der Waals surface area contributed by atoms with Crippen LogP contribution in [0.1, 0.15) is 24.0 Å². The van der Waals surface area contributed by atoms with Crippen LogP contribution in [-0.4, -0.2) is 13.1 Å². The Bertz CT molecular complexity index is 501. The van der Waals surface area contributed by atoms with E-state index >= 15 is 0 Å². The summed E-state index contributed by atoms with van der Waals surface area (Å²) in [5.74, 6) is 0.363. The molecule has 1 nitrogen and oxygen atoms in total. The maximum absolute atomic E-state index is 13.4. The zero-order valence-electron chi connectivity index (χ0n) is 11.7. The molecule has 0 radical (unpaired) electrons. The number of rotatable bonds is 6. The van der Waals surface area contributed by atoms with Crippen molar-refractivity contribution in [3.05, 3.63) is 71.5 Å². The molecular formula is C17H21ClFN. The summed E-state index contributed by atoms with van der Waals surface area (Å²) >= 11 is 0. The molecule has 1 N–H and O–H groups in total. The number of hydrogen-bond acceptors (Lipinski definition) is 1. The molecule has 0 aliphatic heterocycles. The maximum Gasteiger partial charge on any atom is 0.126 e. The number of hydrogen-bond donors (Lipinski definition) is 1. The van der Waals surface area contributed by atoms with E-state index in [1.54, 1.807) is 6.07 Å². The van der Waals surface area contributed by atoms with Gasteiger partial charge in [-0.1, -0.05) is 55.5 Å².